The molecule has 124 valence electrons. The van der Waals surface area contributed by atoms with Gasteiger partial charge in [-0.3, -0.25) is 14.6 Å². The van der Waals surface area contributed by atoms with E-state index in [0.29, 0.717) is 25.1 Å². The van der Waals surface area contributed by atoms with Crippen molar-refractivity contribution in [1.82, 2.24) is 19.8 Å². The molecule has 0 radical (unpaired) electrons. The van der Waals surface area contributed by atoms with Crippen LogP contribution in [-0.4, -0.2) is 50.2 Å². The van der Waals surface area contributed by atoms with Gasteiger partial charge in [-0.2, -0.15) is 0 Å². The second-order valence-corrected chi connectivity index (χ2v) is 7.31. The fourth-order valence-electron chi connectivity index (χ4n) is 3.70. The van der Waals surface area contributed by atoms with Gasteiger partial charge in [-0.25, -0.2) is 4.98 Å². The molecule has 2 aromatic heterocycles. The molecule has 4 heterocycles. The van der Waals surface area contributed by atoms with E-state index in [-0.39, 0.29) is 23.9 Å². The number of fused-ring (bicyclic) bond motifs is 1. The summed E-state index contributed by atoms with van der Waals surface area (Å²) < 4.78 is 0. The third-order valence-electron chi connectivity index (χ3n) is 4.78. The number of nitrogens with zero attached hydrogens (tertiary/aromatic N) is 4. The van der Waals surface area contributed by atoms with Crippen LogP contribution in [0.25, 0.3) is 0 Å². The molecule has 2 fully saturated rings. The Balaban J connectivity index is 1.52. The van der Waals surface area contributed by atoms with Crippen LogP contribution in [-0.2, 0) is 11.3 Å². The second kappa shape index (κ2) is 5.98. The maximum atomic E-state index is 12.7. The third-order valence-corrected chi connectivity index (χ3v) is 5.61. The van der Waals surface area contributed by atoms with Crippen molar-refractivity contribution in [3.8, 4) is 0 Å². The SMILES string of the molecule is Cc1nc(CN2C(=O)C[C@H]3[C@H]2CCN3C(=O)c2cccnc2)cs1. The van der Waals surface area contributed by atoms with E-state index in [2.05, 4.69) is 9.97 Å². The maximum absolute atomic E-state index is 12.7. The van der Waals surface area contributed by atoms with Crippen LogP contribution < -0.4 is 0 Å². The van der Waals surface area contributed by atoms with Crippen LogP contribution in [0.15, 0.2) is 29.9 Å². The third kappa shape index (κ3) is 2.58. The molecule has 0 bridgehead atoms. The molecule has 0 aliphatic carbocycles. The van der Waals surface area contributed by atoms with Crippen LogP contribution in [0.3, 0.4) is 0 Å². The number of hydrogen-bond acceptors (Lipinski definition) is 5. The molecule has 2 atom stereocenters. The molecular weight excluding hydrogens is 324 g/mol. The monoisotopic (exact) mass is 342 g/mol. The predicted molar refractivity (Wildman–Crippen MR) is 89.5 cm³/mol. The Bertz CT molecular complexity index is 776. The Kier molecular flexibility index (Phi) is 3.80. The van der Waals surface area contributed by atoms with Gasteiger partial charge in [-0.05, 0) is 25.5 Å². The first-order valence-corrected chi connectivity index (χ1v) is 8.93. The number of amides is 2. The second-order valence-electron chi connectivity index (χ2n) is 6.25. The van der Waals surface area contributed by atoms with Gasteiger partial charge >= 0.3 is 0 Å². The molecule has 4 rings (SSSR count). The molecule has 2 aromatic rings. The molecule has 2 aliphatic heterocycles. The number of hydrogen-bond donors (Lipinski definition) is 0. The lowest BCUT2D eigenvalue weighted by atomic mass is 10.1. The summed E-state index contributed by atoms with van der Waals surface area (Å²) in [6.07, 6.45) is 4.47. The summed E-state index contributed by atoms with van der Waals surface area (Å²) in [5, 5.41) is 3.01. The van der Waals surface area contributed by atoms with Crippen molar-refractivity contribution in [3.05, 3.63) is 46.2 Å². The average molecular weight is 342 g/mol. The van der Waals surface area contributed by atoms with E-state index in [1.807, 2.05) is 22.1 Å². The molecule has 0 spiro atoms. The molecule has 2 amide bonds. The zero-order valence-electron chi connectivity index (χ0n) is 13.4. The highest BCUT2D eigenvalue weighted by molar-refractivity contribution is 7.09. The number of aromatic nitrogens is 2. The number of carbonyl (C=O) groups excluding carboxylic acids is 2. The number of carbonyl (C=O) groups is 2. The molecule has 7 heteroatoms. The van der Waals surface area contributed by atoms with Gasteiger partial charge in [0.1, 0.15) is 0 Å². The number of aryl methyl sites for hydroxylation is 1. The van der Waals surface area contributed by atoms with Gasteiger partial charge in [-0.15, -0.1) is 11.3 Å². The highest BCUT2D eigenvalue weighted by Crippen LogP contribution is 2.34. The predicted octanol–water partition coefficient (Wildman–Crippen LogP) is 1.86. The van der Waals surface area contributed by atoms with Gasteiger partial charge in [0.05, 0.1) is 34.9 Å². The Morgan fingerprint density at radius 3 is 3.00 bits per heavy atom. The van der Waals surface area contributed by atoms with Gasteiger partial charge in [0.15, 0.2) is 0 Å². The Morgan fingerprint density at radius 2 is 2.29 bits per heavy atom. The van der Waals surface area contributed by atoms with Gasteiger partial charge < -0.3 is 9.80 Å². The first-order chi connectivity index (χ1) is 11.6. The van der Waals surface area contributed by atoms with E-state index in [1.54, 1.807) is 35.9 Å². The van der Waals surface area contributed by atoms with E-state index in [4.69, 9.17) is 0 Å². The van der Waals surface area contributed by atoms with Crippen LogP contribution in [0.4, 0.5) is 0 Å². The van der Waals surface area contributed by atoms with Crippen molar-refractivity contribution in [2.24, 2.45) is 0 Å². The van der Waals surface area contributed by atoms with Crippen LogP contribution in [0.1, 0.15) is 33.9 Å². The van der Waals surface area contributed by atoms with Crippen LogP contribution >= 0.6 is 11.3 Å². The van der Waals surface area contributed by atoms with Crippen LogP contribution in [0, 0.1) is 6.92 Å². The fraction of sp³-hybridized carbons (Fsp3) is 0.412. The Labute approximate surface area is 144 Å². The zero-order valence-corrected chi connectivity index (χ0v) is 14.2. The van der Waals surface area contributed by atoms with Crippen LogP contribution in [0.2, 0.25) is 0 Å². The minimum Gasteiger partial charge on any atom is -0.333 e. The molecule has 0 unspecified atom stereocenters. The maximum Gasteiger partial charge on any atom is 0.255 e. The van der Waals surface area contributed by atoms with E-state index in [0.717, 1.165) is 17.1 Å². The fourth-order valence-corrected chi connectivity index (χ4v) is 4.30. The standard InChI is InChI=1S/C17H18N4O2S/c1-11-19-13(10-24-11)9-21-14-4-6-20(15(14)7-16(21)22)17(23)12-3-2-5-18-8-12/h2-3,5,8,10,14-15H,4,6-7,9H2,1H3/t14-,15+/m1/s1. The Hall–Kier alpha value is -2.28. The van der Waals surface area contributed by atoms with Crippen molar-refractivity contribution in [2.45, 2.75) is 38.4 Å². The summed E-state index contributed by atoms with van der Waals surface area (Å²) in [4.78, 5) is 37.4. The molecular formula is C17H18N4O2S. The first-order valence-electron chi connectivity index (χ1n) is 8.05. The number of pyridine rings is 1. The topological polar surface area (TPSA) is 66.4 Å². The molecule has 2 saturated heterocycles. The van der Waals surface area contributed by atoms with Crippen molar-refractivity contribution in [1.29, 1.82) is 0 Å². The normalized spacial score (nSPS) is 23.0. The van der Waals surface area contributed by atoms with Gasteiger partial charge in [-0.1, -0.05) is 0 Å². The highest BCUT2D eigenvalue weighted by Gasteiger charge is 2.48. The number of likely N-dealkylation sites (tertiary alicyclic amines) is 2. The van der Waals surface area contributed by atoms with E-state index >= 15 is 0 Å². The quantitative estimate of drug-likeness (QED) is 0.854. The smallest absolute Gasteiger partial charge is 0.255 e. The largest absolute Gasteiger partial charge is 0.333 e. The van der Waals surface area contributed by atoms with Crippen molar-refractivity contribution in [3.63, 3.8) is 0 Å². The minimum absolute atomic E-state index is 0.0326. The Morgan fingerprint density at radius 1 is 1.42 bits per heavy atom. The summed E-state index contributed by atoms with van der Waals surface area (Å²) in [5.74, 6) is 0.0779. The summed E-state index contributed by atoms with van der Waals surface area (Å²) in [5.41, 5.74) is 1.52. The van der Waals surface area contributed by atoms with Crippen molar-refractivity contribution in [2.75, 3.05) is 6.54 Å². The first kappa shape index (κ1) is 15.3. The minimum atomic E-state index is -0.0371. The summed E-state index contributed by atoms with van der Waals surface area (Å²) >= 11 is 1.60. The number of thiazole rings is 1. The molecule has 24 heavy (non-hydrogen) atoms. The molecule has 0 aromatic carbocycles. The van der Waals surface area contributed by atoms with Gasteiger partial charge in [0.25, 0.3) is 5.91 Å². The molecule has 0 N–H and O–H groups in total. The van der Waals surface area contributed by atoms with Crippen molar-refractivity contribution < 1.29 is 9.59 Å². The average Bonchev–Trinajstić information content (AvgIpc) is 3.26. The molecule has 6 nitrogen and oxygen atoms in total. The summed E-state index contributed by atoms with van der Waals surface area (Å²) in [6.45, 7) is 3.19. The van der Waals surface area contributed by atoms with E-state index in [1.165, 1.54) is 0 Å². The van der Waals surface area contributed by atoms with Gasteiger partial charge in [0, 0.05) is 30.7 Å². The lowest BCUT2D eigenvalue weighted by molar-refractivity contribution is -0.129. The van der Waals surface area contributed by atoms with Crippen molar-refractivity contribution >= 4 is 23.2 Å². The number of rotatable bonds is 3. The van der Waals surface area contributed by atoms with E-state index in [9.17, 15) is 9.59 Å². The van der Waals surface area contributed by atoms with Crippen LogP contribution in [0.5, 0.6) is 0 Å². The lowest BCUT2D eigenvalue weighted by Gasteiger charge is -2.25. The zero-order chi connectivity index (χ0) is 16.7. The highest BCUT2D eigenvalue weighted by atomic mass is 32.1. The lowest BCUT2D eigenvalue weighted by Crippen LogP contribution is -2.39. The van der Waals surface area contributed by atoms with Gasteiger partial charge in [0.2, 0.25) is 5.91 Å². The molecule has 2 aliphatic rings. The van der Waals surface area contributed by atoms with E-state index < -0.39 is 0 Å². The molecule has 0 saturated carbocycles. The summed E-state index contributed by atoms with van der Waals surface area (Å²) in [7, 11) is 0. The summed E-state index contributed by atoms with van der Waals surface area (Å²) in [6, 6.07) is 3.59.